The van der Waals surface area contributed by atoms with Crippen LogP contribution in [-0.4, -0.2) is 10.1 Å². The summed E-state index contributed by atoms with van der Waals surface area (Å²) in [6, 6.07) is 0. The third-order valence-corrected chi connectivity index (χ3v) is 1.19. The fourth-order valence-corrected chi connectivity index (χ4v) is 0.635. The Balaban J connectivity index is 2.66. The standard InChI is InChI=1S/C6H11N3O2/c1-4(2)6-8-5(3-10-7)9-11-6/h4H,3,7H2,1-2H3. The van der Waals surface area contributed by atoms with E-state index in [2.05, 4.69) is 15.0 Å². The fourth-order valence-electron chi connectivity index (χ4n) is 0.635. The van der Waals surface area contributed by atoms with Gasteiger partial charge >= 0.3 is 0 Å². The summed E-state index contributed by atoms with van der Waals surface area (Å²) in [5.74, 6) is 6.16. The van der Waals surface area contributed by atoms with E-state index >= 15 is 0 Å². The first-order valence-electron chi connectivity index (χ1n) is 3.38. The third-order valence-electron chi connectivity index (χ3n) is 1.19. The molecule has 0 amide bonds. The summed E-state index contributed by atoms with van der Waals surface area (Å²) in [5, 5.41) is 3.64. The van der Waals surface area contributed by atoms with Gasteiger partial charge in [-0.05, 0) is 0 Å². The Kier molecular flexibility index (Phi) is 2.56. The third kappa shape index (κ3) is 1.99. The summed E-state index contributed by atoms with van der Waals surface area (Å²) in [7, 11) is 0. The normalized spacial score (nSPS) is 10.9. The molecule has 62 valence electrons. The van der Waals surface area contributed by atoms with E-state index in [9.17, 15) is 0 Å². The van der Waals surface area contributed by atoms with Crippen molar-refractivity contribution in [2.24, 2.45) is 5.90 Å². The molecule has 0 fully saturated rings. The molecule has 0 aliphatic heterocycles. The lowest BCUT2D eigenvalue weighted by Crippen LogP contribution is -2.00. The summed E-state index contributed by atoms with van der Waals surface area (Å²) in [6.45, 7) is 4.14. The van der Waals surface area contributed by atoms with Crippen LogP contribution in [0, 0.1) is 0 Å². The van der Waals surface area contributed by atoms with Crippen molar-refractivity contribution in [3.63, 3.8) is 0 Å². The lowest BCUT2D eigenvalue weighted by atomic mass is 10.2. The maximum Gasteiger partial charge on any atom is 0.229 e. The molecule has 2 N–H and O–H groups in total. The van der Waals surface area contributed by atoms with Crippen molar-refractivity contribution in [3.05, 3.63) is 11.7 Å². The molecule has 0 aromatic carbocycles. The van der Waals surface area contributed by atoms with Gasteiger partial charge in [0.1, 0.15) is 6.61 Å². The molecule has 0 spiro atoms. The maximum atomic E-state index is 4.88. The van der Waals surface area contributed by atoms with E-state index in [1.54, 1.807) is 0 Å². The molecule has 5 nitrogen and oxygen atoms in total. The number of aromatic nitrogens is 2. The molecule has 0 aliphatic rings. The highest BCUT2D eigenvalue weighted by Crippen LogP contribution is 2.10. The molecular formula is C6H11N3O2. The second-order valence-corrected chi connectivity index (χ2v) is 2.51. The van der Waals surface area contributed by atoms with E-state index in [1.807, 2.05) is 13.8 Å². The van der Waals surface area contributed by atoms with Gasteiger partial charge in [0.05, 0.1) is 0 Å². The van der Waals surface area contributed by atoms with E-state index in [-0.39, 0.29) is 12.5 Å². The monoisotopic (exact) mass is 157 g/mol. The van der Waals surface area contributed by atoms with E-state index in [4.69, 9.17) is 10.4 Å². The molecule has 0 atom stereocenters. The molecule has 0 saturated heterocycles. The van der Waals surface area contributed by atoms with Crippen molar-refractivity contribution in [1.82, 2.24) is 10.1 Å². The zero-order valence-electron chi connectivity index (χ0n) is 6.57. The quantitative estimate of drug-likeness (QED) is 0.650. The molecule has 1 aromatic heterocycles. The van der Waals surface area contributed by atoms with Gasteiger partial charge in [0, 0.05) is 5.92 Å². The van der Waals surface area contributed by atoms with Gasteiger partial charge in [0.15, 0.2) is 5.82 Å². The van der Waals surface area contributed by atoms with E-state index in [0.29, 0.717) is 11.7 Å². The van der Waals surface area contributed by atoms with Gasteiger partial charge in [-0.1, -0.05) is 19.0 Å². The van der Waals surface area contributed by atoms with Crippen LogP contribution >= 0.6 is 0 Å². The molecule has 0 aliphatic carbocycles. The van der Waals surface area contributed by atoms with Gasteiger partial charge in [-0.25, -0.2) is 5.90 Å². The molecule has 1 aromatic rings. The van der Waals surface area contributed by atoms with Gasteiger partial charge in [0.25, 0.3) is 0 Å². The second-order valence-electron chi connectivity index (χ2n) is 2.51. The molecule has 0 bridgehead atoms. The van der Waals surface area contributed by atoms with E-state index in [0.717, 1.165) is 0 Å². The SMILES string of the molecule is CC(C)c1nc(CON)no1. The first-order chi connectivity index (χ1) is 5.24. The molecule has 0 saturated carbocycles. The Hall–Kier alpha value is -0.940. The Morgan fingerprint density at radius 1 is 1.64 bits per heavy atom. The smallest absolute Gasteiger partial charge is 0.229 e. The second kappa shape index (κ2) is 3.45. The molecule has 0 unspecified atom stereocenters. The number of hydrogen-bond donors (Lipinski definition) is 1. The zero-order valence-corrected chi connectivity index (χ0v) is 6.57. The van der Waals surface area contributed by atoms with Crippen molar-refractivity contribution in [1.29, 1.82) is 0 Å². The van der Waals surface area contributed by atoms with Gasteiger partial charge in [0.2, 0.25) is 5.89 Å². The topological polar surface area (TPSA) is 74.2 Å². The summed E-state index contributed by atoms with van der Waals surface area (Å²) >= 11 is 0. The Labute approximate surface area is 64.5 Å². The molecule has 1 rings (SSSR count). The Bertz CT molecular complexity index is 221. The highest BCUT2D eigenvalue weighted by molar-refractivity contribution is 4.88. The van der Waals surface area contributed by atoms with E-state index in [1.165, 1.54) is 0 Å². The van der Waals surface area contributed by atoms with Crippen LogP contribution in [0.15, 0.2) is 4.52 Å². The van der Waals surface area contributed by atoms with Crippen molar-refractivity contribution in [2.45, 2.75) is 26.4 Å². The van der Waals surface area contributed by atoms with Crippen LogP contribution in [-0.2, 0) is 11.4 Å². The molecule has 0 radical (unpaired) electrons. The van der Waals surface area contributed by atoms with Crippen molar-refractivity contribution in [3.8, 4) is 0 Å². The van der Waals surface area contributed by atoms with Gasteiger partial charge in [-0.2, -0.15) is 4.98 Å². The Morgan fingerprint density at radius 3 is 2.82 bits per heavy atom. The summed E-state index contributed by atoms with van der Waals surface area (Å²) in [6.07, 6.45) is 0. The highest BCUT2D eigenvalue weighted by Gasteiger charge is 2.08. The van der Waals surface area contributed by atoms with Crippen LogP contribution in [0.3, 0.4) is 0 Å². The first-order valence-corrected chi connectivity index (χ1v) is 3.38. The maximum absolute atomic E-state index is 4.88. The molecule has 11 heavy (non-hydrogen) atoms. The highest BCUT2D eigenvalue weighted by atomic mass is 16.6. The number of rotatable bonds is 3. The molecule has 5 heteroatoms. The van der Waals surface area contributed by atoms with Crippen LogP contribution in [0.2, 0.25) is 0 Å². The largest absolute Gasteiger partial charge is 0.339 e. The Morgan fingerprint density at radius 2 is 2.36 bits per heavy atom. The lowest BCUT2D eigenvalue weighted by molar-refractivity contribution is 0.116. The van der Waals surface area contributed by atoms with Gasteiger partial charge in [-0.15, -0.1) is 0 Å². The zero-order chi connectivity index (χ0) is 8.27. The van der Waals surface area contributed by atoms with Crippen molar-refractivity contribution in [2.75, 3.05) is 0 Å². The first kappa shape index (κ1) is 8.16. The predicted octanol–water partition coefficient (Wildman–Crippen LogP) is 0.583. The summed E-state index contributed by atoms with van der Waals surface area (Å²) in [5.41, 5.74) is 0. The van der Waals surface area contributed by atoms with E-state index < -0.39 is 0 Å². The molecular weight excluding hydrogens is 146 g/mol. The molecule has 1 heterocycles. The van der Waals surface area contributed by atoms with Crippen LogP contribution < -0.4 is 5.90 Å². The summed E-state index contributed by atoms with van der Waals surface area (Å²) in [4.78, 5) is 8.35. The van der Waals surface area contributed by atoms with Gasteiger partial charge < -0.3 is 4.52 Å². The minimum absolute atomic E-state index is 0.191. The number of nitrogens with two attached hydrogens (primary N) is 1. The van der Waals surface area contributed by atoms with Gasteiger partial charge in [-0.3, -0.25) is 4.84 Å². The number of nitrogens with zero attached hydrogens (tertiary/aromatic N) is 2. The van der Waals surface area contributed by atoms with Crippen LogP contribution in [0.1, 0.15) is 31.5 Å². The number of hydrogen-bond acceptors (Lipinski definition) is 5. The van der Waals surface area contributed by atoms with Crippen molar-refractivity contribution >= 4 is 0 Å². The van der Waals surface area contributed by atoms with Crippen LogP contribution in [0.5, 0.6) is 0 Å². The van der Waals surface area contributed by atoms with Crippen LogP contribution in [0.25, 0.3) is 0 Å². The summed E-state index contributed by atoms with van der Waals surface area (Å²) < 4.78 is 4.88. The van der Waals surface area contributed by atoms with Crippen molar-refractivity contribution < 1.29 is 9.36 Å². The minimum Gasteiger partial charge on any atom is -0.339 e. The fraction of sp³-hybridized carbons (Fsp3) is 0.667. The lowest BCUT2D eigenvalue weighted by Gasteiger charge is -1.91. The average molecular weight is 157 g/mol. The van der Waals surface area contributed by atoms with Crippen LogP contribution in [0.4, 0.5) is 0 Å². The average Bonchev–Trinajstić information content (AvgIpc) is 2.37. The predicted molar refractivity (Wildman–Crippen MR) is 37.4 cm³/mol. The minimum atomic E-state index is 0.191.